The number of alkyl halides is 2. The SMILES string of the molecule is Cc1ccc(S(=O)(=O)Nc2cc(Br)c(F)cc2OC(F)F)cc1. The molecule has 0 radical (unpaired) electrons. The van der Waals surface area contributed by atoms with Gasteiger partial charge in [0.25, 0.3) is 10.0 Å². The maximum Gasteiger partial charge on any atom is 0.387 e. The molecule has 124 valence electrons. The number of ether oxygens (including phenoxy) is 1. The fraction of sp³-hybridized carbons (Fsp3) is 0.143. The predicted molar refractivity (Wildman–Crippen MR) is 82.7 cm³/mol. The Morgan fingerprint density at radius 2 is 1.78 bits per heavy atom. The Labute approximate surface area is 139 Å². The molecule has 0 heterocycles. The lowest BCUT2D eigenvalue weighted by molar-refractivity contribution is -0.0494. The third-order valence-electron chi connectivity index (χ3n) is 2.81. The lowest BCUT2D eigenvalue weighted by Gasteiger charge is -2.14. The van der Waals surface area contributed by atoms with Gasteiger partial charge in [-0.3, -0.25) is 4.72 Å². The summed E-state index contributed by atoms with van der Waals surface area (Å²) in [6.45, 7) is -1.44. The van der Waals surface area contributed by atoms with Gasteiger partial charge < -0.3 is 4.74 Å². The van der Waals surface area contributed by atoms with Crippen molar-refractivity contribution >= 4 is 31.6 Å². The first-order valence-corrected chi connectivity index (χ1v) is 8.50. The van der Waals surface area contributed by atoms with E-state index in [0.29, 0.717) is 6.07 Å². The monoisotopic (exact) mass is 409 g/mol. The smallest absolute Gasteiger partial charge is 0.387 e. The van der Waals surface area contributed by atoms with Gasteiger partial charge in [-0.1, -0.05) is 17.7 Å². The van der Waals surface area contributed by atoms with Crippen molar-refractivity contribution in [1.82, 2.24) is 0 Å². The maximum absolute atomic E-state index is 13.5. The minimum Gasteiger partial charge on any atom is -0.432 e. The van der Waals surface area contributed by atoms with Crippen molar-refractivity contribution in [2.45, 2.75) is 18.4 Å². The van der Waals surface area contributed by atoms with Crippen LogP contribution in [-0.4, -0.2) is 15.0 Å². The molecule has 0 saturated heterocycles. The first-order chi connectivity index (χ1) is 10.7. The van der Waals surface area contributed by atoms with E-state index >= 15 is 0 Å². The molecule has 0 amide bonds. The molecule has 0 spiro atoms. The van der Waals surface area contributed by atoms with Crippen LogP contribution >= 0.6 is 15.9 Å². The molecule has 1 N–H and O–H groups in total. The predicted octanol–water partition coefficient (Wildman–Crippen LogP) is 4.30. The standard InChI is InChI=1S/C14H11BrF3NO3S/c1-8-2-4-9(5-3-8)23(20,21)19-12-6-10(15)11(16)7-13(12)22-14(17)18/h2-7,14,19H,1H3. The number of rotatable bonds is 5. The summed E-state index contributed by atoms with van der Waals surface area (Å²) in [5.74, 6) is -1.48. The molecule has 0 saturated carbocycles. The number of hydrogen-bond acceptors (Lipinski definition) is 3. The van der Waals surface area contributed by atoms with Gasteiger partial charge in [-0.15, -0.1) is 0 Å². The lowest BCUT2D eigenvalue weighted by Crippen LogP contribution is -2.15. The van der Waals surface area contributed by atoms with Crippen LogP contribution in [0.15, 0.2) is 45.8 Å². The zero-order valence-corrected chi connectivity index (χ0v) is 14.1. The van der Waals surface area contributed by atoms with Gasteiger partial charge in [0, 0.05) is 6.07 Å². The summed E-state index contributed by atoms with van der Waals surface area (Å²) in [6.07, 6.45) is 0. The van der Waals surface area contributed by atoms with Crippen LogP contribution in [0.4, 0.5) is 18.9 Å². The average Bonchev–Trinajstić information content (AvgIpc) is 2.44. The second kappa shape index (κ2) is 6.79. The van der Waals surface area contributed by atoms with Crippen LogP contribution in [0.2, 0.25) is 0 Å². The minimum atomic E-state index is -4.04. The van der Waals surface area contributed by atoms with Crippen LogP contribution in [0.3, 0.4) is 0 Å². The highest BCUT2D eigenvalue weighted by atomic mass is 79.9. The molecule has 0 aliphatic rings. The third-order valence-corrected chi connectivity index (χ3v) is 4.80. The molecule has 0 fully saturated rings. The van der Waals surface area contributed by atoms with E-state index in [1.54, 1.807) is 19.1 Å². The summed E-state index contributed by atoms with van der Waals surface area (Å²) in [4.78, 5) is -0.0634. The molecule has 0 aliphatic carbocycles. The van der Waals surface area contributed by atoms with E-state index < -0.39 is 28.2 Å². The quantitative estimate of drug-likeness (QED) is 0.800. The molecule has 2 aromatic carbocycles. The van der Waals surface area contributed by atoms with Gasteiger partial charge in [-0.25, -0.2) is 12.8 Å². The van der Waals surface area contributed by atoms with E-state index in [1.165, 1.54) is 12.1 Å². The van der Waals surface area contributed by atoms with Crippen LogP contribution in [0, 0.1) is 12.7 Å². The second-order valence-electron chi connectivity index (χ2n) is 4.56. The maximum atomic E-state index is 13.5. The first-order valence-electron chi connectivity index (χ1n) is 6.22. The van der Waals surface area contributed by atoms with Gasteiger partial charge in [-0.05, 0) is 41.1 Å². The van der Waals surface area contributed by atoms with E-state index in [-0.39, 0.29) is 15.1 Å². The van der Waals surface area contributed by atoms with Crippen molar-refractivity contribution in [2.24, 2.45) is 0 Å². The molecule has 9 heteroatoms. The Morgan fingerprint density at radius 3 is 2.35 bits per heavy atom. The Kier molecular flexibility index (Phi) is 5.20. The molecular formula is C14H11BrF3NO3S. The molecule has 4 nitrogen and oxygen atoms in total. The largest absolute Gasteiger partial charge is 0.432 e. The van der Waals surface area contributed by atoms with Crippen LogP contribution in [0.5, 0.6) is 5.75 Å². The number of benzene rings is 2. The van der Waals surface area contributed by atoms with Crippen molar-refractivity contribution in [2.75, 3.05) is 4.72 Å². The third kappa shape index (κ3) is 4.38. The van der Waals surface area contributed by atoms with Crippen molar-refractivity contribution in [3.05, 3.63) is 52.3 Å². The summed E-state index contributed by atoms with van der Waals surface area (Å²) in [6, 6.07) is 7.59. The highest BCUT2D eigenvalue weighted by molar-refractivity contribution is 9.10. The summed E-state index contributed by atoms with van der Waals surface area (Å²) < 4.78 is 69.0. The number of anilines is 1. The van der Waals surface area contributed by atoms with E-state index in [9.17, 15) is 21.6 Å². The van der Waals surface area contributed by atoms with E-state index in [4.69, 9.17) is 0 Å². The van der Waals surface area contributed by atoms with Gasteiger partial charge in [-0.2, -0.15) is 8.78 Å². The molecule has 0 atom stereocenters. The molecule has 23 heavy (non-hydrogen) atoms. The molecule has 0 aliphatic heterocycles. The molecular weight excluding hydrogens is 399 g/mol. The van der Waals surface area contributed by atoms with Crippen LogP contribution in [0.1, 0.15) is 5.56 Å². The normalized spacial score (nSPS) is 11.6. The number of sulfonamides is 1. The van der Waals surface area contributed by atoms with E-state index in [2.05, 4.69) is 25.4 Å². The van der Waals surface area contributed by atoms with Gasteiger partial charge >= 0.3 is 6.61 Å². The number of aryl methyl sites for hydroxylation is 1. The molecule has 2 aromatic rings. The highest BCUT2D eigenvalue weighted by Gasteiger charge is 2.20. The summed E-state index contributed by atoms with van der Waals surface area (Å²) in [7, 11) is -4.04. The van der Waals surface area contributed by atoms with Crippen molar-refractivity contribution in [1.29, 1.82) is 0 Å². The van der Waals surface area contributed by atoms with Gasteiger partial charge in [0.2, 0.25) is 0 Å². The summed E-state index contributed by atoms with van der Waals surface area (Å²) >= 11 is 2.87. The lowest BCUT2D eigenvalue weighted by atomic mass is 10.2. The van der Waals surface area contributed by atoms with Crippen LogP contribution < -0.4 is 9.46 Å². The Bertz CT molecular complexity index is 811. The molecule has 2 rings (SSSR count). The van der Waals surface area contributed by atoms with E-state index in [0.717, 1.165) is 11.6 Å². The Hall–Kier alpha value is -1.74. The number of halogens is 4. The fourth-order valence-electron chi connectivity index (χ4n) is 1.72. The van der Waals surface area contributed by atoms with Crippen molar-refractivity contribution in [3.63, 3.8) is 0 Å². The Morgan fingerprint density at radius 1 is 1.17 bits per heavy atom. The van der Waals surface area contributed by atoms with Gasteiger partial charge in [0.1, 0.15) is 5.82 Å². The second-order valence-corrected chi connectivity index (χ2v) is 7.10. The van der Waals surface area contributed by atoms with Crippen LogP contribution in [0.25, 0.3) is 0 Å². The Balaban J connectivity index is 2.41. The molecule has 0 unspecified atom stereocenters. The molecule has 0 bridgehead atoms. The molecule has 0 aromatic heterocycles. The fourth-order valence-corrected chi connectivity index (χ4v) is 3.13. The van der Waals surface area contributed by atoms with Crippen molar-refractivity contribution in [3.8, 4) is 5.75 Å². The zero-order chi connectivity index (χ0) is 17.2. The summed E-state index contributed by atoms with van der Waals surface area (Å²) in [5.41, 5.74) is 0.550. The van der Waals surface area contributed by atoms with Gasteiger partial charge in [0.15, 0.2) is 5.75 Å². The van der Waals surface area contributed by atoms with E-state index in [1.807, 2.05) is 0 Å². The minimum absolute atomic E-state index is 0.0634. The topological polar surface area (TPSA) is 55.4 Å². The summed E-state index contributed by atoms with van der Waals surface area (Å²) in [5, 5.41) is 0. The van der Waals surface area contributed by atoms with Crippen LogP contribution in [-0.2, 0) is 10.0 Å². The van der Waals surface area contributed by atoms with Crippen molar-refractivity contribution < 1.29 is 26.3 Å². The first kappa shape index (κ1) is 17.6. The average molecular weight is 410 g/mol. The number of nitrogens with one attached hydrogen (secondary N) is 1. The highest BCUT2D eigenvalue weighted by Crippen LogP contribution is 2.33. The zero-order valence-electron chi connectivity index (χ0n) is 11.7. The van der Waals surface area contributed by atoms with Gasteiger partial charge in [0.05, 0.1) is 15.1 Å². The number of hydrogen-bond donors (Lipinski definition) is 1.